The number of hydrogen-bond donors (Lipinski definition) is 0. The summed E-state index contributed by atoms with van der Waals surface area (Å²) in [7, 11) is 0. The van der Waals surface area contributed by atoms with Crippen molar-refractivity contribution in [2.45, 2.75) is 38.5 Å². The molecule has 0 heterocycles. The van der Waals surface area contributed by atoms with Gasteiger partial charge in [0.25, 0.3) is 0 Å². The lowest BCUT2D eigenvalue weighted by molar-refractivity contribution is 0.152. The normalized spacial score (nSPS) is 11.6. The van der Waals surface area contributed by atoms with Crippen LogP contribution in [-0.4, -0.2) is 6.16 Å². The zero-order valence-electron chi connectivity index (χ0n) is 23.4. The van der Waals surface area contributed by atoms with E-state index in [-0.39, 0.29) is 10.8 Å². The number of ether oxygens (including phenoxy) is 2. The summed E-state index contributed by atoms with van der Waals surface area (Å²) in [6.45, 7) is 8.76. The van der Waals surface area contributed by atoms with Gasteiger partial charge < -0.3 is 9.47 Å². The van der Waals surface area contributed by atoms with E-state index in [0.717, 1.165) is 22.3 Å². The van der Waals surface area contributed by atoms with Crippen LogP contribution in [0.5, 0.6) is 11.5 Å². The molecule has 200 valence electrons. The molecule has 0 radical (unpaired) electrons. The maximum Gasteiger partial charge on any atom is 0.519 e. The molecule has 0 fully saturated rings. The Hall–Kier alpha value is -4.63. The summed E-state index contributed by atoms with van der Waals surface area (Å²) < 4.78 is 11.4. The molecule has 0 atom stereocenters. The Morgan fingerprint density at radius 2 is 0.950 bits per heavy atom. The van der Waals surface area contributed by atoms with Crippen molar-refractivity contribution in [2.75, 3.05) is 0 Å². The molecular formula is C37H34O3. The predicted octanol–water partition coefficient (Wildman–Crippen LogP) is 9.58. The standard InChI is InChI=1S/C37H34O3/c1-36(2,28-16-10-6-11-17-28)30-20-23-32(24-21-30)39-35(38)40-34-25-22-31(26-33(34)27-14-8-5-9-15-27)37(3,4)29-18-12-7-13-19-29/h5-26H,1-4H3. The minimum absolute atomic E-state index is 0.180. The van der Waals surface area contributed by atoms with E-state index in [4.69, 9.17) is 9.47 Å². The van der Waals surface area contributed by atoms with Crippen LogP contribution in [0.3, 0.4) is 0 Å². The van der Waals surface area contributed by atoms with Gasteiger partial charge in [0.05, 0.1) is 0 Å². The first-order valence-electron chi connectivity index (χ1n) is 13.6. The highest BCUT2D eigenvalue weighted by molar-refractivity contribution is 5.76. The van der Waals surface area contributed by atoms with Crippen molar-refractivity contribution >= 4 is 6.16 Å². The number of hydrogen-bond acceptors (Lipinski definition) is 3. The van der Waals surface area contributed by atoms with E-state index in [1.54, 1.807) is 0 Å². The molecule has 0 bridgehead atoms. The fourth-order valence-corrected chi connectivity index (χ4v) is 5.04. The van der Waals surface area contributed by atoms with Crippen LogP contribution < -0.4 is 9.47 Å². The molecule has 0 spiro atoms. The first-order valence-corrected chi connectivity index (χ1v) is 13.6. The Balaban J connectivity index is 1.38. The van der Waals surface area contributed by atoms with Gasteiger partial charge in [0, 0.05) is 16.4 Å². The van der Waals surface area contributed by atoms with Crippen LogP contribution in [-0.2, 0) is 10.8 Å². The van der Waals surface area contributed by atoms with Crippen LogP contribution in [0.15, 0.2) is 133 Å². The molecule has 0 aliphatic rings. The maximum absolute atomic E-state index is 12.9. The molecule has 0 amide bonds. The fraction of sp³-hybridized carbons (Fsp3) is 0.162. The minimum atomic E-state index is -0.776. The molecule has 0 aliphatic carbocycles. The largest absolute Gasteiger partial charge is 0.519 e. The highest BCUT2D eigenvalue weighted by Gasteiger charge is 2.26. The molecule has 0 saturated carbocycles. The molecule has 3 nitrogen and oxygen atoms in total. The van der Waals surface area contributed by atoms with Gasteiger partial charge in [-0.25, -0.2) is 4.79 Å². The van der Waals surface area contributed by atoms with Crippen molar-refractivity contribution in [1.29, 1.82) is 0 Å². The average Bonchev–Trinajstić information content (AvgIpc) is 2.99. The van der Waals surface area contributed by atoms with E-state index >= 15 is 0 Å². The van der Waals surface area contributed by atoms with Gasteiger partial charge in [0.2, 0.25) is 0 Å². The van der Waals surface area contributed by atoms with Crippen molar-refractivity contribution in [3.05, 3.63) is 156 Å². The molecule has 5 rings (SSSR count). The Bertz CT molecular complexity index is 1570. The van der Waals surface area contributed by atoms with Crippen LogP contribution in [0.4, 0.5) is 4.79 Å². The Morgan fingerprint density at radius 1 is 0.500 bits per heavy atom. The third-order valence-electron chi connectivity index (χ3n) is 7.75. The molecule has 0 aromatic heterocycles. The quantitative estimate of drug-likeness (QED) is 0.156. The van der Waals surface area contributed by atoms with Crippen LogP contribution in [0, 0.1) is 0 Å². The lowest BCUT2D eigenvalue weighted by Crippen LogP contribution is -2.20. The molecule has 40 heavy (non-hydrogen) atoms. The SMILES string of the molecule is CC(C)(c1ccccc1)c1ccc(OC(=O)Oc2ccc(C(C)(C)c3ccccc3)cc2-c2ccccc2)cc1. The second-order valence-electron chi connectivity index (χ2n) is 11.0. The number of carbonyl (C=O) groups excluding carboxylic acids is 1. The van der Waals surface area contributed by atoms with Gasteiger partial charge in [-0.1, -0.05) is 137 Å². The van der Waals surface area contributed by atoms with Gasteiger partial charge in [-0.15, -0.1) is 0 Å². The third-order valence-corrected chi connectivity index (χ3v) is 7.75. The van der Waals surface area contributed by atoms with Crippen LogP contribution in [0.2, 0.25) is 0 Å². The maximum atomic E-state index is 12.9. The lowest BCUT2D eigenvalue weighted by atomic mass is 9.77. The van der Waals surface area contributed by atoms with E-state index in [1.165, 1.54) is 11.1 Å². The molecule has 3 heteroatoms. The summed E-state index contributed by atoms with van der Waals surface area (Å²) in [5, 5.41) is 0. The van der Waals surface area contributed by atoms with Crippen molar-refractivity contribution < 1.29 is 14.3 Å². The van der Waals surface area contributed by atoms with Gasteiger partial charge in [0.15, 0.2) is 0 Å². The Kier molecular flexibility index (Phi) is 7.57. The van der Waals surface area contributed by atoms with Gasteiger partial charge in [0.1, 0.15) is 11.5 Å². The number of benzene rings is 5. The molecule has 0 aliphatic heterocycles. The summed E-state index contributed by atoms with van der Waals surface area (Å²) in [4.78, 5) is 12.9. The van der Waals surface area contributed by atoms with Crippen molar-refractivity contribution in [2.24, 2.45) is 0 Å². The van der Waals surface area contributed by atoms with Gasteiger partial charge in [-0.2, -0.15) is 0 Å². The van der Waals surface area contributed by atoms with Crippen molar-refractivity contribution in [3.8, 4) is 22.6 Å². The Labute approximate surface area is 237 Å². The van der Waals surface area contributed by atoms with Gasteiger partial charge in [-0.05, 0) is 52.1 Å². The van der Waals surface area contributed by atoms with Crippen LogP contribution in [0.1, 0.15) is 49.9 Å². The second-order valence-corrected chi connectivity index (χ2v) is 11.0. The monoisotopic (exact) mass is 526 g/mol. The summed E-state index contributed by atoms with van der Waals surface area (Å²) >= 11 is 0. The number of carbonyl (C=O) groups is 1. The topological polar surface area (TPSA) is 35.5 Å². The molecule has 5 aromatic carbocycles. The summed E-state index contributed by atoms with van der Waals surface area (Å²) in [6.07, 6.45) is -0.776. The van der Waals surface area contributed by atoms with Crippen LogP contribution >= 0.6 is 0 Å². The average molecular weight is 527 g/mol. The van der Waals surface area contributed by atoms with E-state index in [1.807, 2.05) is 91.0 Å². The predicted molar refractivity (Wildman–Crippen MR) is 162 cm³/mol. The zero-order valence-corrected chi connectivity index (χ0v) is 23.4. The van der Waals surface area contributed by atoms with E-state index in [0.29, 0.717) is 11.5 Å². The lowest BCUT2D eigenvalue weighted by Gasteiger charge is -2.27. The molecule has 0 N–H and O–H groups in total. The van der Waals surface area contributed by atoms with Crippen LogP contribution in [0.25, 0.3) is 11.1 Å². The first-order chi connectivity index (χ1) is 19.2. The summed E-state index contributed by atoms with van der Waals surface area (Å²) in [5.74, 6) is 0.881. The van der Waals surface area contributed by atoms with Crippen molar-refractivity contribution in [1.82, 2.24) is 0 Å². The summed E-state index contributed by atoms with van der Waals surface area (Å²) in [5.41, 5.74) is 6.05. The van der Waals surface area contributed by atoms with Gasteiger partial charge in [-0.3, -0.25) is 0 Å². The number of rotatable bonds is 7. The third kappa shape index (κ3) is 5.69. The van der Waals surface area contributed by atoms with Crippen molar-refractivity contribution in [3.63, 3.8) is 0 Å². The highest BCUT2D eigenvalue weighted by atomic mass is 16.7. The van der Waals surface area contributed by atoms with E-state index in [9.17, 15) is 4.79 Å². The fourth-order valence-electron chi connectivity index (χ4n) is 5.04. The van der Waals surface area contributed by atoms with E-state index < -0.39 is 6.16 Å². The second kappa shape index (κ2) is 11.2. The van der Waals surface area contributed by atoms with Gasteiger partial charge >= 0.3 is 6.16 Å². The molecule has 0 unspecified atom stereocenters. The molecule has 5 aromatic rings. The molecular weight excluding hydrogens is 492 g/mol. The zero-order chi connectivity index (χ0) is 28.2. The van der Waals surface area contributed by atoms with E-state index in [2.05, 4.69) is 70.2 Å². The Morgan fingerprint density at radius 3 is 1.50 bits per heavy atom. The molecule has 0 saturated heterocycles. The summed E-state index contributed by atoms with van der Waals surface area (Å²) in [6, 6.07) is 44.3. The smallest absolute Gasteiger partial charge is 0.395 e. The highest BCUT2D eigenvalue weighted by Crippen LogP contribution is 2.38. The first kappa shape index (κ1) is 27.0. The minimum Gasteiger partial charge on any atom is -0.395 e.